The van der Waals surface area contributed by atoms with Gasteiger partial charge >= 0.3 is 0 Å². The van der Waals surface area contributed by atoms with Crippen molar-refractivity contribution in [1.29, 1.82) is 0 Å². The van der Waals surface area contributed by atoms with E-state index < -0.39 is 0 Å². The number of ether oxygens (including phenoxy) is 2. The number of methoxy groups -OCH3 is 2. The maximum Gasteiger partial charge on any atom is 0.161 e. The summed E-state index contributed by atoms with van der Waals surface area (Å²) >= 11 is 0. The van der Waals surface area contributed by atoms with E-state index in [1.807, 2.05) is 6.07 Å². The third-order valence-electron chi connectivity index (χ3n) is 2.82. The fraction of sp³-hybridized carbons (Fsp3) is 0.538. The predicted molar refractivity (Wildman–Crippen MR) is 66.3 cm³/mol. The molecule has 0 spiro atoms. The number of nitrogens with zero attached hydrogens (tertiary/aromatic N) is 1. The van der Waals surface area contributed by atoms with Gasteiger partial charge in [0.05, 0.1) is 14.2 Å². The van der Waals surface area contributed by atoms with Crippen LogP contribution < -0.4 is 9.47 Å². The van der Waals surface area contributed by atoms with Gasteiger partial charge in [-0.15, -0.1) is 0 Å². The molecule has 3 heteroatoms. The van der Waals surface area contributed by atoms with E-state index >= 15 is 0 Å². The molecule has 0 aliphatic carbocycles. The first-order chi connectivity index (χ1) is 7.62. The Morgan fingerprint density at radius 2 is 1.69 bits per heavy atom. The largest absolute Gasteiger partial charge is 0.493 e. The van der Waals surface area contributed by atoms with E-state index in [1.165, 1.54) is 11.1 Å². The van der Waals surface area contributed by atoms with Gasteiger partial charge in [0.25, 0.3) is 0 Å². The minimum absolute atomic E-state index is 0.794. The lowest BCUT2D eigenvalue weighted by Gasteiger charge is -2.17. The highest BCUT2D eigenvalue weighted by Gasteiger charge is 2.09. The molecule has 1 aromatic carbocycles. The summed E-state index contributed by atoms with van der Waals surface area (Å²) in [5, 5.41) is 0. The van der Waals surface area contributed by atoms with Gasteiger partial charge in [-0.2, -0.15) is 0 Å². The van der Waals surface area contributed by atoms with Crippen molar-refractivity contribution < 1.29 is 9.47 Å². The number of hydrogen-bond donors (Lipinski definition) is 0. The molecule has 0 bridgehead atoms. The standard InChI is InChI=1S/C13H21NO2/c1-6-14(3)9-11-8-13(16-5)12(15-4)7-10(11)2/h7-8H,6,9H2,1-5H3. The van der Waals surface area contributed by atoms with E-state index in [4.69, 9.17) is 9.47 Å². The summed E-state index contributed by atoms with van der Waals surface area (Å²) in [6.07, 6.45) is 0. The first-order valence-corrected chi connectivity index (χ1v) is 5.52. The van der Waals surface area contributed by atoms with Gasteiger partial charge in [0.2, 0.25) is 0 Å². The highest BCUT2D eigenvalue weighted by atomic mass is 16.5. The molecule has 3 nitrogen and oxygen atoms in total. The molecule has 0 saturated heterocycles. The Kier molecular flexibility index (Phi) is 4.62. The van der Waals surface area contributed by atoms with Crippen molar-refractivity contribution in [3.63, 3.8) is 0 Å². The van der Waals surface area contributed by atoms with Crippen molar-refractivity contribution in [2.45, 2.75) is 20.4 Å². The van der Waals surface area contributed by atoms with Crippen molar-refractivity contribution in [1.82, 2.24) is 4.90 Å². The summed E-state index contributed by atoms with van der Waals surface area (Å²) in [7, 11) is 5.44. The first kappa shape index (κ1) is 12.8. The van der Waals surface area contributed by atoms with E-state index in [2.05, 4.69) is 31.9 Å². The Labute approximate surface area is 98.0 Å². The number of aryl methyl sites for hydroxylation is 1. The topological polar surface area (TPSA) is 21.7 Å². The van der Waals surface area contributed by atoms with Gasteiger partial charge in [0.15, 0.2) is 11.5 Å². The monoisotopic (exact) mass is 223 g/mol. The van der Waals surface area contributed by atoms with Crippen LogP contribution in [0.5, 0.6) is 11.5 Å². The fourth-order valence-corrected chi connectivity index (χ4v) is 1.60. The molecule has 90 valence electrons. The lowest BCUT2D eigenvalue weighted by atomic mass is 10.1. The van der Waals surface area contributed by atoms with E-state index in [9.17, 15) is 0 Å². The molecule has 1 rings (SSSR count). The zero-order valence-electron chi connectivity index (χ0n) is 10.8. The zero-order valence-corrected chi connectivity index (χ0v) is 10.8. The third-order valence-corrected chi connectivity index (χ3v) is 2.82. The fourth-order valence-electron chi connectivity index (χ4n) is 1.60. The van der Waals surface area contributed by atoms with Crippen LogP contribution in [0.3, 0.4) is 0 Å². The highest BCUT2D eigenvalue weighted by Crippen LogP contribution is 2.30. The Morgan fingerprint density at radius 3 is 2.19 bits per heavy atom. The average molecular weight is 223 g/mol. The van der Waals surface area contributed by atoms with E-state index in [1.54, 1.807) is 14.2 Å². The summed E-state index contributed by atoms with van der Waals surface area (Å²) < 4.78 is 10.6. The second kappa shape index (κ2) is 5.75. The molecular formula is C13H21NO2. The lowest BCUT2D eigenvalue weighted by molar-refractivity contribution is 0.337. The molecule has 0 atom stereocenters. The van der Waals surface area contributed by atoms with E-state index in [0.29, 0.717) is 0 Å². The van der Waals surface area contributed by atoms with Crippen molar-refractivity contribution in [3.8, 4) is 11.5 Å². The molecule has 0 fully saturated rings. The number of benzene rings is 1. The lowest BCUT2D eigenvalue weighted by Crippen LogP contribution is -2.17. The van der Waals surface area contributed by atoms with Crippen LogP contribution in [0.1, 0.15) is 18.1 Å². The molecule has 16 heavy (non-hydrogen) atoms. The van der Waals surface area contributed by atoms with Gasteiger partial charge < -0.3 is 14.4 Å². The van der Waals surface area contributed by atoms with Gasteiger partial charge in [-0.25, -0.2) is 0 Å². The molecule has 0 N–H and O–H groups in total. The zero-order chi connectivity index (χ0) is 12.1. The van der Waals surface area contributed by atoms with Gasteiger partial charge in [-0.05, 0) is 43.8 Å². The molecule has 0 aliphatic heterocycles. The van der Waals surface area contributed by atoms with Gasteiger partial charge in [0.1, 0.15) is 0 Å². The molecule has 0 saturated carbocycles. The normalized spacial score (nSPS) is 10.6. The van der Waals surface area contributed by atoms with Crippen LogP contribution in [-0.4, -0.2) is 32.7 Å². The van der Waals surface area contributed by atoms with Crippen LogP contribution in [0.15, 0.2) is 12.1 Å². The summed E-state index contributed by atoms with van der Waals surface area (Å²) in [5.41, 5.74) is 2.51. The SMILES string of the molecule is CCN(C)Cc1cc(OC)c(OC)cc1C. The Hall–Kier alpha value is -1.22. The summed E-state index contributed by atoms with van der Waals surface area (Å²) in [4.78, 5) is 2.26. The highest BCUT2D eigenvalue weighted by molar-refractivity contribution is 5.46. The summed E-state index contributed by atoms with van der Waals surface area (Å²) in [5.74, 6) is 1.59. The molecule has 0 amide bonds. The average Bonchev–Trinajstić information content (AvgIpc) is 2.30. The van der Waals surface area contributed by atoms with Gasteiger partial charge in [-0.1, -0.05) is 6.92 Å². The van der Waals surface area contributed by atoms with Crippen molar-refractivity contribution in [2.75, 3.05) is 27.8 Å². The Balaban J connectivity index is 3.01. The Bertz CT molecular complexity index is 350. The van der Waals surface area contributed by atoms with E-state index in [0.717, 1.165) is 24.6 Å². The van der Waals surface area contributed by atoms with Crippen LogP contribution >= 0.6 is 0 Å². The predicted octanol–water partition coefficient (Wildman–Crippen LogP) is 2.46. The quantitative estimate of drug-likeness (QED) is 0.765. The van der Waals surface area contributed by atoms with Crippen molar-refractivity contribution >= 4 is 0 Å². The third kappa shape index (κ3) is 2.89. The van der Waals surface area contributed by atoms with Crippen molar-refractivity contribution in [2.24, 2.45) is 0 Å². The molecule has 0 radical (unpaired) electrons. The summed E-state index contributed by atoms with van der Waals surface area (Å²) in [6, 6.07) is 4.08. The molecule has 0 aromatic heterocycles. The van der Waals surface area contributed by atoms with Crippen LogP contribution in [0.25, 0.3) is 0 Å². The van der Waals surface area contributed by atoms with E-state index in [-0.39, 0.29) is 0 Å². The minimum Gasteiger partial charge on any atom is -0.493 e. The first-order valence-electron chi connectivity index (χ1n) is 5.52. The number of rotatable bonds is 5. The second-order valence-corrected chi connectivity index (χ2v) is 3.96. The van der Waals surface area contributed by atoms with Crippen LogP contribution in [-0.2, 0) is 6.54 Å². The maximum absolute atomic E-state index is 5.30. The second-order valence-electron chi connectivity index (χ2n) is 3.96. The maximum atomic E-state index is 5.30. The minimum atomic E-state index is 0.794. The smallest absolute Gasteiger partial charge is 0.161 e. The van der Waals surface area contributed by atoms with Crippen LogP contribution in [0, 0.1) is 6.92 Å². The summed E-state index contributed by atoms with van der Waals surface area (Å²) in [6.45, 7) is 6.22. The molecular weight excluding hydrogens is 202 g/mol. The molecule has 0 unspecified atom stereocenters. The molecule has 0 heterocycles. The molecule has 1 aromatic rings. The van der Waals surface area contributed by atoms with Crippen LogP contribution in [0.2, 0.25) is 0 Å². The Morgan fingerprint density at radius 1 is 1.12 bits per heavy atom. The van der Waals surface area contributed by atoms with Crippen LogP contribution in [0.4, 0.5) is 0 Å². The van der Waals surface area contributed by atoms with Gasteiger partial charge in [-0.3, -0.25) is 0 Å². The number of hydrogen-bond acceptors (Lipinski definition) is 3. The van der Waals surface area contributed by atoms with Crippen molar-refractivity contribution in [3.05, 3.63) is 23.3 Å². The van der Waals surface area contributed by atoms with Gasteiger partial charge in [0, 0.05) is 6.54 Å². The molecule has 0 aliphatic rings.